The second-order valence-corrected chi connectivity index (χ2v) is 3.95. The fourth-order valence-electron chi connectivity index (χ4n) is 1.86. The van der Waals surface area contributed by atoms with Gasteiger partial charge in [0.2, 0.25) is 0 Å². The van der Waals surface area contributed by atoms with Crippen molar-refractivity contribution in [2.24, 2.45) is 5.84 Å². The molecule has 0 fully saturated rings. The van der Waals surface area contributed by atoms with Gasteiger partial charge in [-0.3, -0.25) is 10.8 Å². The Morgan fingerprint density at radius 3 is 2.67 bits per heavy atom. The molecule has 1 atom stereocenters. The van der Waals surface area contributed by atoms with E-state index >= 15 is 0 Å². The zero-order valence-corrected chi connectivity index (χ0v) is 9.82. The third-order valence-corrected chi connectivity index (χ3v) is 2.78. The van der Waals surface area contributed by atoms with E-state index in [0.29, 0.717) is 5.69 Å². The second-order valence-electron chi connectivity index (χ2n) is 3.95. The Labute approximate surface area is 104 Å². The summed E-state index contributed by atoms with van der Waals surface area (Å²) >= 11 is 0. The molecule has 3 nitrogen and oxygen atoms in total. The number of pyridine rings is 1. The fourth-order valence-corrected chi connectivity index (χ4v) is 1.86. The Morgan fingerprint density at radius 2 is 2.00 bits per heavy atom. The molecule has 0 aliphatic carbocycles. The lowest BCUT2D eigenvalue weighted by molar-refractivity contribution is 0.480. The molecule has 18 heavy (non-hydrogen) atoms. The number of hydrogen-bond donors (Lipinski definition) is 2. The van der Waals surface area contributed by atoms with Crippen molar-refractivity contribution < 1.29 is 8.78 Å². The summed E-state index contributed by atoms with van der Waals surface area (Å²) in [6, 6.07) is 6.92. The first kappa shape index (κ1) is 12.6. The van der Waals surface area contributed by atoms with E-state index in [1.54, 1.807) is 12.3 Å². The van der Waals surface area contributed by atoms with Crippen molar-refractivity contribution in [3.05, 3.63) is 65.0 Å². The number of nitrogens with one attached hydrogen (secondary N) is 1. The summed E-state index contributed by atoms with van der Waals surface area (Å²) in [6.45, 7) is 1.84. The predicted octanol–water partition coefficient (Wildman–Crippen LogP) is 2.22. The van der Waals surface area contributed by atoms with Gasteiger partial charge in [-0.25, -0.2) is 14.2 Å². The van der Waals surface area contributed by atoms with Gasteiger partial charge in [-0.15, -0.1) is 0 Å². The Balaban J connectivity index is 2.53. The van der Waals surface area contributed by atoms with Crippen LogP contribution in [-0.2, 0) is 0 Å². The third-order valence-electron chi connectivity index (χ3n) is 2.78. The highest BCUT2D eigenvalue weighted by molar-refractivity contribution is 5.33. The summed E-state index contributed by atoms with van der Waals surface area (Å²) in [5.41, 5.74) is 4.04. The molecule has 0 bridgehead atoms. The molecule has 0 aliphatic heterocycles. The lowest BCUT2D eigenvalue weighted by Gasteiger charge is -2.18. The highest BCUT2D eigenvalue weighted by Gasteiger charge is 2.21. The molecule has 2 aromatic rings. The molecule has 0 radical (unpaired) electrons. The highest BCUT2D eigenvalue weighted by Crippen LogP contribution is 2.25. The van der Waals surface area contributed by atoms with Gasteiger partial charge in [0.05, 0.1) is 11.7 Å². The van der Waals surface area contributed by atoms with Gasteiger partial charge in [0, 0.05) is 11.8 Å². The van der Waals surface area contributed by atoms with Gasteiger partial charge >= 0.3 is 0 Å². The maximum Gasteiger partial charge on any atom is 0.164 e. The molecule has 1 aromatic carbocycles. The molecule has 1 aromatic heterocycles. The summed E-state index contributed by atoms with van der Waals surface area (Å²) < 4.78 is 27.0. The Kier molecular flexibility index (Phi) is 3.64. The van der Waals surface area contributed by atoms with Crippen LogP contribution in [0.25, 0.3) is 0 Å². The number of aryl methyl sites for hydroxylation is 1. The van der Waals surface area contributed by atoms with Crippen LogP contribution in [0.3, 0.4) is 0 Å². The van der Waals surface area contributed by atoms with Gasteiger partial charge in [0.25, 0.3) is 0 Å². The number of hydrogen-bond acceptors (Lipinski definition) is 3. The summed E-state index contributed by atoms with van der Waals surface area (Å²) in [5, 5.41) is 0. The molecule has 5 heteroatoms. The summed E-state index contributed by atoms with van der Waals surface area (Å²) in [6.07, 6.45) is 1.59. The molecule has 0 spiro atoms. The summed E-state index contributed by atoms with van der Waals surface area (Å²) in [4.78, 5) is 4.16. The lowest BCUT2D eigenvalue weighted by atomic mass is 10.00. The van der Waals surface area contributed by atoms with E-state index in [2.05, 4.69) is 10.4 Å². The zero-order chi connectivity index (χ0) is 13.1. The molecule has 3 N–H and O–H groups in total. The largest absolute Gasteiger partial charge is 0.271 e. The van der Waals surface area contributed by atoms with E-state index in [1.807, 2.05) is 13.0 Å². The summed E-state index contributed by atoms with van der Waals surface area (Å²) in [5.74, 6) is 3.63. The molecule has 0 aliphatic rings. The lowest BCUT2D eigenvalue weighted by Crippen LogP contribution is -2.31. The van der Waals surface area contributed by atoms with Crippen LogP contribution in [0, 0.1) is 18.6 Å². The highest BCUT2D eigenvalue weighted by atomic mass is 19.2. The van der Waals surface area contributed by atoms with E-state index in [0.717, 1.165) is 11.6 Å². The smallest absolute Gasteiger partial charge is 0.164 e. The number of nitrogens with two attached hydrogens (primary N) is 1. The minimum Gasteiger partial charge on any atom is -0.271 e. The van der Waals surface area contributed by atoms with E-state index in [-0.39, 0.29) is 5.56 Å². The second kappa shape index (κ2) is 5.20. The van der Waals surface area contributed by atoms with Gasteiger partial charge in [-0.1, -0.05) is 18.2 Å². The van der Waals surface area contributed by atoms with Crippen molar-refractivity contribution in [1.29, 1.82) is 0 Å². The molecule has 0 saturated carbocycles. The van der Waals surface area contributed by atoms with Crippen LogP contribution in [0.2, 0.25) is 0 Å². The first-order chi connectivity index (χ1) is 8.65. The Hall–Kier alpha value is -1.85. The van der Waals surface area contributed by atoms with Gasteiger partial charge in [0.1, 0.15) is 0 Å². The number of hydrazine groups is 1. The maximum absolute atomic E-state index is 13.8. The molecule has 94 valence electrons. The van der Waals surface area contributed by atoms with Crippen molar-refractivity contribution in [3.8, 4) is 0 Å². The predicted molar refractivity (Wildman–Crippen MR) is 64.5 cm³/mol. The maximum atomic E-state index is 13.8. The van der Waals surface area contributed by atoms with Crippen molar-refractivity contribution in [3.63, 3.8) is 0 Å². The van der Waals surface area contributed by atoms with Crippen LogP contribution >= 0.6 is 0 Å². The number of benzene rings is 1. The van der Waals surface area contributed by atoms with Crippen LogP contribution < -0.4 is 11.3 Å². The SMILES string of the molecule is Cc1cccnc1C(NN)c1cccc(F)c1F. The van der Waals surface area contributed by atoms with Crippen molar-refractivity contribution in [1.82, 2.24) is 10.4 Å². The van der Waals surface area contributed by atoms with Crippen LogP contribution in [0.15, 0.2) is 36.5 Å². The van der Waals surface area contributed by atoms with Crippen LogP contribution in [0.4, 0.5) is 8.78 Å². The van der Waals surface area contributed by atoms with Crippen LogP contribution in [0.1, 0.15) is 22.9 Å². The Morgan fingerprint density at radius 1 is 1.22 bits per heavy atom. The van der Waals surface area contributed by atoms with Gasteiger partial charge < -0.3 is 0 Å². The van der Waals surface area contributed by atoms with Gasteiger partial charge in [0.15, 0.2) is 11.6 Å². The van der Waals surface area contributed by atoms with E-state index in [4.69, 9.17) is 5.84 Å². The molecule has 1 unspecified atom stereocenters. The van der Waals surface area contributed by atoms with Crippen LogP contribution in [0.5, 0.6) is 0 Å². The molecule has 0 amide bonds. The molecule has 0 saturated heterocycles. The minimum atomic E-state index is -0.912. The molecular formula is C13H13F2N3. The number of aromatic nitrogens is 1. The molecule has 1 heterocycles. The van der Waals surface area contributed by atoms with Crippen LogP contribution in [-0.4, -0.2) is 4.98 Å². The van der Waals surface area contributed by atoms with E-state index < -0.39 is 17.7 Å². The standard InChI is InChI=1S/C13H13F2N3/c1-8-4-3-7-17-12(8)13(18-16)9-5-2-6-10(14)11(9)15/h2-7,13,18H,16H2,1H3. The van der Waals surface area contributed by atoms with E-state index in [9.17, 15) is 8.78 Å². The topological polar surface area (TPSA) is 50.9 Å². The first-order valence-corrected chi connectivity index (χ1v) is 5.46. The molecular weight excluding hydrogens is 236 g/mol. The zero-order valence-electron chi connectivity index (χ0n) is 9.82. The fraction of sp³-hybridized carbons (Fsp3) is 0.154. The average Bonchev–Trinajstić information content (AvgIpc) is 2.37. The Bertz CT molecular complexity index is 558. The van der Waals surface area contributed by atoms with Gasteiger partial charge in [-0.05, 0) is 24.6 Å². The number of rotatable bonds is 3. The minimum absolute atomic E-state index is 0.138. The normalized spacial score (nSPS) is 12.4. The number of halogens is 2. The molecule has 2 rings (SSSR count). The number of nitrogens with zero attached hydrogens (tertiary/aromatic N) is 1. The summed E-state index contributed by atoms with van der Waals surface area (Å²) in [7, 11) is 0. The average molecular weight is 249 g/mol. The quantitative estimate of drug-likeness (QED) is 0.647. The first-order valence-electron chi connectivity index (χ1n) is 5.46. The van der Waals surface area contributed by atoms with E-state index in [1.165, 1.54) is 12.1 Å². The van der Waals surface area contributed by atoms with Crippen molar-refractivity contribution >= 4 is 0 Å². The van der Waals surface area contributed by atoms with Crippen molar-refractivity contribution in [2.75, 3.05) is 0 Å². The monoisotopic (exact) mass is 249 g/mol. The third kappa shape index (κ3) is 2.23. The van der Waals surface area contributed by atoms with Crippen molar-refractivity contribution in [2.45, 2.75) is 13.0 Å². The van der Waals surface area contributed by atoms with Gasteiger partial charge in [-0.2, -0.15) is 0 Å².